The van der Waals surface area contributed by atoms with Crippen LogP contribution in [-0.4, -0.2) is 16.4 Å². The standard InChI is InChI=1S/C14H17N3O3/c1-4-14(5-2,9-15)16-13(18)11-8-10(3)6-7-12(11)17(19)20/h6-8H,4-5H2,1-3H3,(H,16,18). The van der Waals surface area contributed by atoms with Gasteiger partial charge in [0.1, 0.15) is 11.1 Å². The molecule has 6 heteroatoms. The fourth-order valence-corrected chi connectivity index (χ4v) is 1.89. The van der Waals surface area contributed by atoms with Crippen molar-refractivity contribution in [1.82, 2.24) is 5.32 Å². The first-order chi connectivity index (χ1) is 9.39. The quantitative estimate of drug-likeness (QED) is 0.660. The molecule has 1 rings (SSSR count). The molecule has 1 amide bonds. The monoisotopic (exact) mass is 275 g/mol. The highest BCUT2D eigenvalue weighted by molar-refractivity contribution is 5.99. The van der Waals surface area contributed by atoms with E-state index < -0.39 is 16.4 Å². The first-order valence-electron chi connectivity index (χ1n) is 6.38. The van der Waals surface area contributed by atoms with Gasteiger partial charge < -0.3 is 5.32 Å². The van der Waals surface area contributed by atoms with Crippen molar-refractivity contribution in [2.45, 2.75) is 39.2 Å². The maximum atomic E-state index is 12.2. The largest absolute Gasteiger partial charge is 0.334 e. The van der Waals surface area contributed by atoms with Crippen LogP contribution in [0.2, 0.25) is 0 Å². The fourth-order valence-electron chi connectivity index (χ4n) is 1.89. The Balaban J connectivity index is 3.19. The Labute approximate surface area is 117 Å². The number of benzene rings is 1. The molecule has 0 saturated heterocycles. The molecule has 1 aromatic rings. The zero-order valence-corrected chi connectivity index (χ0v) is 11.8. The van der Waals surface area contributed by atoms with Gasteiger partial charge in [0.15, 0.2) is 0 Å². The molecule has 0 aromatic heterocycles. The number of nitrogens with one attached hydrogen (secondary N) is 1. The van der Waals surface area contributed by atoms with Gasteiger partial charge in [0, 0.05) is 6.07 Å². The van der Waals surface area contributed by atoms with Crippen molar-refractivity contribution < 1.29 is 9.72 Å². The molecule has 20 heavy (non-hydrogen) atoms. The predicted octanol–water partition coefficient (Wildman–Crippen LogP) is 2.72. The third-order valence-electron chi connectivity index (χ3n) is 3.37. The van der Waals surface area contributed by atoms with Gasteiger partial charge >= 0.3 is 0 Å². The van der Waals surface area contributed by atoms with E-state index in [9.17, 15) is 20.2 Å². The van der Waals surface area contributed by atoms with Crippen LogP contribution >= 0.6 is 0 Å². The van der Waals surface area contributed by atoms with Crippen LogP contribution in [0.4, 0.5) is 5.69 Å². The van der Waals surface area contributed by atoms with Crippen LogP contribution in [0, 0.1) is 28.4 Å². The molecule has 106 valence electrons. The van der Waals surface area contributed by atoms with E-state index in [-0.39, 0.29) is 11.3 Å². The topological polar surface area (TPSA) is 96.0 Å². The highest BCUT2D eigenvalue weighted by Crippen LogP contribution is 2.22. The molecule has 0 aliphatic carbocycles. The maximum absolute atomic E-state index is 12.2. The van der Waals surface area contributed by atoms with Gasteiger partial charge in [0.25, 0.3) is 11.6 Å². The summed E-state index contributed by atoms with van der Waals surface area (Å²) >= 11 is 0. The summed E-state index contributed by atoms with van der Waals surface area (Å²) in [5.41, 5.74) is -0.519. The van der Waals surface area contributed by atoms with Crippen molar-refractivity contribution in [1.29, 1.82) is 5.26 Å². The number of carbonyl (C=O) groups excluding carboxylic acids is 1. The lowest BCUT2D eigenvalue weighted by Gasteiger charge is -2.24. The first-order valence-corrected chi connectivity index (χ1v) is 6.38. The minimum atomic E-state index is -0.991. The van der Waals surface area contributed by atoms with E-state index in [1.165, 1.54) is 12.1 Å². The summed E-state index contributed by atoms with van der Waals surface area (Å²) in [7, 11) is 0. The van der Waals surface area contributed by atoms with Gasteiger partial charge in [-0.25, -0.2) is 0 Å². The molecular formula is C14H17N3O3. The zero-order valence-electron chi connectivity index (χ0n) is 11.8. The molecule has 6 nitrogen and oxygen atoms in total. The average molecular weight is 275 g/mol. The summed E-state index contributed by atoms with van der Waals surface area (Å²) < 4.78 is 0. The first kappa shape index (κ1) is 15.6. The molecule has 0 saturated carbocycles. The minimum Gasteiger partial charge on any atom is -0.334 e. The summed E-state index contributed by atoms with van der Waals surface area (Å²) in [5.74, 6) is -0.592. The van der Waals surface area contributed by atoms with E-state index in [2.05, 4.69) is 11.4 Å². The van der Waals surface area contributed by atoms with Crippen molar-refractivity contribution in [2.75, 3.05) is 0 Å². The molecule has 1 aromatic carbocycles. The number of hydrogen-bond acceptors (Lipinski definition) is 4. The van der Waals surface area contributed by atoms with E-state index in [0.29, 0.717) is 12.8 Å². The highest BCUT2D eigenvalue weighted by atomic mass is 16.6. The lowest BCUT2D eigenvalue weighted by molar-refractivity contribution is -0.385. The van der Waals surface area contributed by atoms with E-state index >= 15 is 0 Å². The normalized spacial score (nSPS) is 10.7. The summed E-state index contributed by atoms with van der Waals surface area (Å²) in [4.78, 5) is 22.6. The highest BCUT2D eigenvalue weighted by Gasteiger charge is 2.30. The summed E-state index contributed by atoms with van der Waals surface area (Å²) in [6.45, 7) is 5.33. The summed E-state index contributed by atoms with van der Waals surface area (Å²) in [5, 5.41) is 22.8. The van der Waals surface area contributed by atoms with Gasteiger partial charge in [-0.05, 0) is 31.4 Å². The van der Waals surface area contributed by atoms with Crippen molar-refractivity contribution in [3.05, 3.63) is 39.4 Å². The molecule has 0 heterocycles. The molecule has 0 radical (unpaired) electrons. The number of hydrogen-bond donors (Lipinski definition) is 1. The van der Waals surface area contributed by atoms with E-state index in [1.807, 2.05) is 0 Å². The van der Waals surface area contributed by atoms with Crippen molar-refractivity contribution in [3.8, 4) is 6.07 Å². The third kappa shape index (κ3) is 3.12. The Bertz CT molecular complexity index is 572. The maximum Gasteiger partial charge on any atom is 0.282 e. The second kappa shape index (κ2) is 6.15. The number of nitrogens with zero attached hydrogens (tertiary/aromatic N) is 2. The molecule has 0 atom stereocenters. The molecule has 0 unspecified atom stereocenters. The number of amides is 1. The van der Waals surface area contributed by atoms with Crippen LogP contribution in [0.1, 0.15) is 42.6 Å². The SMILES string of the molecule is CCC(C#N)(CC)NC(=O)c1cc(C)ccc1[N+](=O)[O-]. The van der Waals surface area contributed by atoms with Crippen molar-refractivity contribution in [2.24, 2.45) is 0 Å². The Hall–Kier alpha value is -2.42. The van der Waals surface area contributed by atoms with Crippen LogP contribution in [0.25, 0.3) is 0 Å². The zero-order chi connectivity index (χ0) is 15.3. The van der Waals surface area contributed by atoms with Crippen LogP contribution in [0.5, 0.6) is 0 Å². The number of aryl methyl sites for hydroxylation is 1. The predicted molar refractivity (Wildman–Crippen MR) is 74.2 cm³/mol. The molecule has 0 aliphatic rings. The molecule has 0 bridgehead atoms. The second-order valence-corrected chi connectivity index (χ2v) is 4.63. The van der Waals surface area contributed by atoms with Crippen LogP contribution in [0.3, 0.4) is 0 Å². The van der Waals surface area contributed by atoms with E-state index in [0.717, 1.165) is 5.56 Å². The lowest BCUT2D eigenvalue weighted by Crippen LogP contribution is -2.46. The Morgan fingerprint density at radius 2 is 2.05 bits per heavy atom. The van der Waals surface area contributed by atoms with Gasteiger partial charge in [0.2, 0.25) is 0 Å². The molecule has 0 aliphatic heterocycles. The van der Waals surface area contributed by atoms with Crippen LogP contribution in [-0.2, 0) is 0 Å². The number of carbonyl (C=O) groups is 1. The number of nitro groups is 1. The fraction of sp³-hybridized carbons (Fsp3) is 0.429. The van der Waals surface area contributed by atoms with Crippen LogP contribution in [0.15, 0.2) is 18.2 Å². The number of rotatable bonds is 5. The third-order valence-corrected chi connectivity index (χ3v) is 3.37. The molecule has 0 spiro atoms. The number of nitro benzene ring substituents is 1. The van der Waals surface area contributed by atoms with Gasteiger partial charge in [-0.3, -0.25) is 14.9 Å². The van der Waals surface area contributed by atoms with Gasteiger partial charge in [-0.2, -0.15) is 5.26 Å². The van der Waals surface area contributed by atoms with Gasteiger partial charge in [0.05, 0.1) is 11.0 Å². The smallest absolute Gasteiger partial charge is 0.282 e. The average Bonchev–Trinajstić information content (AvgIpc) is 2.44. The summed E-state index contributed by atoms with van der Waals surface area (Å²) in [6.07, 6.45) is 0.872. The molecular weight excluding hydrogens is 258 g/mol. The Kier molecular flexibility index (Phi) is 4.81. The van der Waals surface area contributed by atoms with Crippen molar-refractivity contribution >= 4 is 11.6 Å². The van der Waals surface area contributed by atoms with Crippen LogP contribution < -0.4 is 5.32 Å². The molecule has 1 N–H and O–H groups in total. The molecule has 0 fully saturated rings. The van der Waals surface area contributed by atoms with E-state index in [1.54, 1.807) is 26.8 Å². The summed E-state index contributed by atoms with van der Waals surface area (Å²) in [6, 6.07) is 6.41. The van der Waals surface area contributed by atoms with Gasteiger partial charge in [-0.15, -0.1) is 0 Å². The Morgan fingerprint density at radius 3 is 2.50 bits per heavy atom. The van der Waals surface area contributed by atoms with E-state index in [4.69, 9.17) is 0 Å². The number of nitriles is 1. The van der Waals surface area contributed by atoms with Crippen molar-refractivity contribution in [3.63, 3.8) is 0 Å². The lowest BCUT2D eigenvalue weighted by atomic mass is 9.94. The Morgan fingerprint density at radius 1 is 1.45 bits per heavy atom. The second-order valence-electron chi connectivity index (χ2n) is 4.63. The van der Waals surface area contributed by atoms with Gasteiger partial charge in [-0.1, -0.05) is 19.9 Å². The minimum absolute atomic E-state index is 0.0171.